The molecule has 1 N–H and O–H groups in total. The molecule has 34 heavy (non-hydrogen) atoms. The standard InChI is InChI=1S/C28H38FN3O2/c1-5-21(6-2)28(34)32(18-20-10-9-13-24(29)16-20)19-23-17-25(14-15-26(23)31(3)4)30-27(33)22-11-7-8-12-22/h9-10,13-17,21-22H,5-8,11-12,18-19H2,1-4H3,(H,30,33). The quantitative estimate of drug-likeness (QED) is 0.467. The normalized spacial score (nSPS) is 13.8. The van der Waals surface area contributed by atoms with Crippen LogP contribution in [-0.4, -0.2) is 30.8 Å². The van der Waals surface area contributed by atoms with E-state index in [1.165, 1.54) is 12.1 Å². The predicted molar refractivity (Wildman–Crippen MR) is 136 cm³/mol. The van der Waals surface area contributed by atoms with Crippen LogP contribution in [0.2, 0.25) is 0 Å². The molecule has 0 radical (unpaired) electrons. The third kappa shape index (κ3) is 6.58. The number of carbonyl (C=O) groups is 2. The molecule has 1 aliphatic rings. The zero-order valence-corrected chi connectivity index (χ0v) is 20.9. The first kappa shape index (κ1) is 25.7. The highest BCUT2D eigenvalue weighted by atomic mass is 19.1. The molecule has 0 spiro atoms. The van der Waals surface area contributed by atoms with Crippen LogP contribution in [0.15, 0.2) is 42.5 Å². The largest absolute Gasteiger partial charge is 0.377 e. The molecule has 0 heterocycles. The van der Waals surface area contributed by atoms with E-state index in [0.717, 1.165) is 61.0 Å². The van der Waals surface area contributed by atoms with Crippen LogP contribution < -0.4 is 10.2 Å². The minimum Gasteiger partial charge on any atom is -0.377 e. The van der Waals surface area contributed by atoms with Gasteiger partial charge in [-0.3, -0.25) is 9.59 Å². The Morgan fingerprint density at radius 2 is 1.74 bits per heavy atom. The van der Waals surface area contributed by atoms with Gasteiger partial charge in [0.15, 0.2) is 0 Å². The predicted octanol–water partition coefficient (Wildman–Crippen LogP) is 5.99. The van der Waals surface area contributed by atoms with Gasteiger partial charge in [-0.1, -0.05) is 38.8 Å². The molecule has 1 saturated carbocycles. The third-order valence-corrected chi connectivity index (χ3v) is 6.82. The molecule has 0 aromatic heterocycles. The van der Waals surface area contributed by atoms with Crippen molar-refractivity contribution >= 4 is 23.2 Å². The van der Waals surface area contributed by atoms with E-state index in [4.69, 9.17) is 0 Å². The smallest absolute Gasteiger partial charge is 0.227 e. The third-order valence-electron chi connectivity index (χ3n) is 6.82. The number of halogens is 1. The molecule has 0 aliphatic heterocycles. The van der Waals surface area contributed by atoms with Crippen molar-refractivity contribution in [3.8, 4) is 0 Å². The number of anilines is 2. The van der Waals surface area contributed by atoms with Crippen LogP contribution in [0, 0.1) is 17.7 Å². The summed E-state index contributed by atoms with van der Waals surface area (Å²) in [6, 6.07) is 12.3. The summed E-state index contributed by atoms with van der Waals surface area (Å²) in [5.74, 6) is -0.164. The lowest BCUT2D eigenvalue weighted by Gasteiger charge is -2.29. The summed E-state index contributed by atoms with van der Waals surface area (Å²) in [5, 5.41) is 3.08. The van der Waals surface area contributed by atoms with Crippen LogP contribution in [0.4, 0.5) is 15.8 Å². The monoisotopic (exact) mass is 467 g/mol. The van der Waals surface area contributed by atoms with Gasteiger partial charge in [0.2, 0.25) is 11.8 Å². The van der Waals surface area contributed by atoms with E-state index in [2.05, 4.69) is 5.32 Å². The van der Waals surface area contributed by atoms with E-state index in [1.54, 1.807) is 6.07 Å². The van der Waals surface area contributed by atoms with Gasteiger partial charge in [-0.15, -0.1) is 0 Å². The van der Waals surface area contributed by atoms with Crippen molar-refractivity contribution < 1.29 is 14.0 Å². The highest BCUT2D eigenvalue weighted by Crippen LogP contribution is 2.29. The van der Waals surface area contributed by atoms with E-state index in [-0.39, 0.29) is 29.5 Å². The van der Waals surface area contributed by atoms with Crippen LogP contribution in [0.1, 0.15) is 63.5 Å². The SMILES string of the molecule is CCC(CC)C(=O)N(Cc1cccc(F)c1)Cc1cc(NC(=O)C2CCCC2)ccc1N(C)C. The number of rotatable bonds is 10. The molecule has 6 heteroatoms. The Morgan fingerprint density at radius 1 is 1.03 bits per heavy atom. The molecule has 184 valence electrons. The molecule has 5 nitrogen and oxygen atoms in total. The molecule has 0 unspecified atom stereocenters. The number of hydrogen-bond acceptors (Lipinski definition) is 3. The average molecular weight is 468 g/mol. The van der Waals surface area contributed by atoms with Gasteiger partial charge in [0.05, 0.1) is 0 Å². The Balaban J connectivity index is 1.90. The van der Waals surface area contributed by atoms with Gasteiger partial charge in [-0.05, 0) is 67.1 Å². The number of amides is 2. The van der Waals surface area contributed by atoms with E-state index in [9.17, 15) is 14.0 Å². The number of benzene rings is 2. The lowest BCUT2D eigenvalue weighted by atomic mass is 10.0. The molecular formula is C28H38FN3O2. The topological polar surface area (TPSA) is 52.7 Å². The summed E-state index contributed by atoms with van der Waals surface area (Å²) in [7, 11) is 3.93. The van der Waals surface area contributed by atoms with E-state index in [0.29, 0.717) is 13.1 Å². The fraction of sp³-hybridized carbons (Fsp3) is 0.500. The van der Waals surface area contributed by atoms with Gasteiger partial charge in [0.25, 0.3) is 0 Å². The molecule has 1 aliphatic carbocycles. The van der Waals surface area contributed by atoms with Crippen molar-refractivity contribution in [3.63, 3.8) is 0 Å². The molecule has 1 fully saturated rings. The second-order valence-electron chi connectivity index (χ2n) is 9.55. The fourth-order valence-electron chi connectivity index (χ4n) is 4.83. The molecule has 0 saturated heterocycles. The molecular weight excluding hydrogens is 429 g/mol. The van der Waals surface area contributed by atoms with Crippen molar-refractivity contribution in [2.24, 2.45) is 11.8 Å². The summed E-state index contributed by atoms with van der Waals surface area (Å²) in [5.41, 5.74) is 3.44. The fourth-order valence-corrected chi connectivity index (χ4v) is 4.83. The van der Waals surface area contributed by atoms with Crippen molar-refractivity contribution in [2.45, 2.75) is 65.5 Å². The molecule has 0 atom stereocenters. The molecule has 2 aromatic carbocycles. The number of hydrogen-bond donors (Lipinski definition) is 1. The van der Waals surface area contributed by atoms with Gasteiger partial charge in [0.1, 0.15) is 5.82 Å². The average Bonchev–Trinajstić information content (AvgIpc) is 3.35. The van der Waals surface area contributed by atoms with Gasteiger partial charge in [-0.25, -0.2) is 4.39 Å². The Morgan fingerprint density at radius 3 is 2.35 bits per heavy atom. The second-order valence-corrected chi connectivity index (χ2v) is 9.55. The molecule has 0 bridgehead atoms. The van der Waals surface area contributed by atoms with Crippen LogP contribution in [0.3, 0.4) is 0 Å². The first-order chi connectivity index (χ1) is 16.3. The Bertz CT molecular complexity index is 981. The first-order valence-electron chi connectivity index (χ1n) is 12.5. The summed E-state index contributed by atoms with van der Waals surface area (Å²) >= 11 is 0. The van der Waals surface area contributed by atoms with Crippen molar-refractivity contribution in [3.05, 3.63) is 59.4 Å². The van der Waals surface area contributed by atoms with E-state index in [1.807, 2.05) is 62.0 Å². The second kappa shape index (κ2) is 12.0. The number of carbonyl (C=O) groups excluding carboxylic acids is 2. The Labute approximate surface area is 203 Å². The Kier molecular flexibility index (Phi) is 9.08. The first-order valence-corrected chi connectivity index (χ1v) is 12.5. The van der Waals surface area contributed by atoms with Gasteiger partial charge in [-0.2, -0.15) is 0 Å². The maximum atomic E-state index is 13.9. The molecule has 2 amide bonds. The summed E-state index contributed by atoms with van der Waals surface area (Å²) in [4.78, 5) is 30.0. The maximum absolute atomic E-state index is 13.9. The summed E-state index contributed by atoms with van der Waals surface area (Å²) in [6.45, 7) is 4.76. The van der Waals surface area contributed by atoms with Gasteiger partial charge in [0, 0.05) is 50.4 Å². The van der Waals surface area contributed by atoms with Gasteiger partial charge >= 0.3 is 0 Å². The van der Waals surface area contributed by atoms with Crippen LogP contribution >= 0.6 is 0 Å². The summed E-state index contributed by atoms with van der Waals surface area (Å²) in [6.07, 6.45) is 5.62. The van der Waals surface area contributed by atoms with Crippen molar-refractivity contribution in [1.82, 2.24) is 4.90 Å². The van der Waals surface area contributed by atoms with Crippen LogP contribution in [0.5, 0.6) is 0 Å². The highest BCUT2D eigenvalue weighted by Gasteiger charge is 2.25. The van der Waals surface area contributed by atoms with Crippen LogP contribution in [-0.2, 0) is 22.7 Å². The zero-order valence-electron chi connectivity index (χ0n) is 20.9. The van der Waals surface area contributed by atoms with Crippen molar-refractivity contribution in [1.29, 1.82) is 0 Å². The van der Waals surface area contributed by atoms with E-state index >= 15 is 0 Å². The zero-order chi connectivity index (χ0) is 24.7. The van der Waals surface area contributed by atoms with Crippen LogP contribution in [0.25, 0.3) is 0 Å². The number of nitrogens with one attached hydrogen (secondary N) is 1. The lowest BCUT2D eigenvalue weighted by Crippen LogP contribution is -2.35. The highest BCUT2D eigenvalue weighted by molar-refractivity contribution is 5.93. The van der Waals surface area contributed by atoms with Gasteiger partial charge < -0.3 is 15.1 Å². The molecule has 3 rings (SSSR count). The maximum Gasteiger partial charge on any atom is 0.227 e. The summed E-state index contributed by atoms with van der Waals surface area (Å²) < 4.78 is 13.9. The van der Waals surface area contributed by atoms with Crippen molar-refractivity contribution in [2.75, 3.05) is 24.3 Å². The molecule has 2 aromatic rings. The lowest BCUT2D eigenvalue weighted by molar-refractivity contribution is -0.137. The Hall–Kier alpha value is -2.89. The minimum atomic E-state index is -0.307. The number of nitrogens with zero attached hydrogens (tertiary/aromatic N) is 2. The van der Waals surface area contributed by atoms with E-state index < -0.39 is 0 Å². The minimum absolute atomic E-state index is 0.0689.